The van der Waals surface area contributed by atoms with E-state index in [0.29, 0.717) is 18.7 Å². The minimum absolute atomic E-state index is 0.451. The molecule has 0 spiro atoms. The van der Waals surface area contributed by atoms with Crippen LogP contribution in [0, 0.1) is 0 Å². The van der Waals surface area contributed by atoms with Crippen LogP contribution in [0.2, 0.25) is 0 Å². The molecule has 110 valence electrons. The molecule has 1 aliphatic heterocycles. The highest BCUT2D eigenvalue weighted by atomic mass is 16.5. The van der Waals surface area contributed by atoms with Crippen molar-refractivity contribution in [3.8, 4) is 5.75 Å². The molecule has 0 bridgehead atoms. The van der Waals surface area contributed by atoms with Gasteiger partial charge in [0.1, 0.15) is 11.4 Å². The van der Waals surface area contributed by atoms with Gasteiger partial charge in [-0.1, -0.05) is 25.1 Å². The maximum atomic E-state index is 11.1. The fourth-order valence-electron chi connectivity index (χ4n) is 3.41. The largest absolute Gasteiger partial charge is 0.493 e. The first-order valence-corrected chi connectivity index (χ1v) is 7.84. The predicted molar refractivity (Wildman–Crippen MR) is 79.9 cm³/mol. The summed E-state index contributed by atoms with van der Waals surface area (Å²) >= 11 is 0. The van der Waals surface area contributed by atoms with Crippen molar-refractivity contribution in [2.45, 2.75) is 57.2 Å². The highest BCUT2D eigenvalue weighted by molar-refractivity contribution is 5.39. The van der Waals surface area contributed by atoms with Crippen LogP contribution in [0.25, 0.3) is 0 Å². The Hall–Kier alpha value is -1.06. The molecular formula is C17H25NO2. The van der Waals surface area contributed by atoms with E-state index in [1.54, 1.807) is 0 Å². The number of likely N-dealkylation sites (tertiary alicyclic amines) is 1. The Balaban J connectivity index is 1.84. The summed E-state index contributed by atoms with van der Waals surface area (Å²) in [5, 5.41) is 11.1. The molecule has 3 nitrogen and oxygen atoms in total. The van der Waals surface area contributed by atoms with Crippen LogP contribution in [0.1, 0.15) is 45.1 Å². The molecular weight excluding hydrogens is 250 g/mol. The molecule has 0 aromatic heterocycles. The minimum Gasteiger partial charge on any atom is -0.493 e. The summed E-state index contributed by atoms with van der Waals surface area (Å²) in [6.07, 6.45) is 4.36. The van der Waals surface area contributed by atoms with Crippen molar-refractivity contribution in [1.82, 2.24) is 4.90 Å². The lowest BCUT2D eigenvalue weighted by atomic mass is 9.90. The number of β-amino-alcohol motifs (C(OH)–C–C–N with tert-alkyl or cyclic N) is 1. The summed E-state index contributed by atoms with van der Waals surface area (Å²) in [5.41, 5.74) is 0.204. The number of hydrogen-bond donors (Lipinski definition) is 1. The Bertz CT molecular complexity index is 472. The Morgan fingerprint density at radius 3 is 2.80 bits per heavy atom. The van der Waals surface area contributed by atoms with Crippen molar-refractivity contribution < 1.29 is 9.84 Å². The standard InChI is InChI=1S/C17H25NO2/c1-3-10-20-16-7-5-4-6-15(16)17(19)11-13(2)18(12-17)14-8-9-14/h4-7,13-14,19H,3,8-12H2,1-2H3. The van der Waals surface area contributed by atoms with Gasteiger partial charge in [-0.2, -0.15) is 0 Å². The number of benzene rings is 1. The lowest BCUT2D eigenvalue weighted by molar-refractivity contribution is 0.0420. The highest BCUT2D eigenvalue weighted by Crippen LogP contribution is 2.44. The Morgan fingerprint density at radius 2 is 2.10 bits per heavy atom. The van der Waals surface area contributed by atoms with Gasteiger partial charge in [0, 0.05) is 24.2 Å². The van der Waals surface area contributed by atoms with Gasteiger partial charge < -0.3 is 9.84 Å². The summed E-state index contributed by atoms with van der Waals surface area (Å²) < 4.78 is 5.83. The predicted octanol–water partition coefficient (Wildman–Crippen LogP) is 2.92. The van der Waals surface area contributed by atoms with Gasteiger partial charge in [0.25, 0.3) is 0 Å². The van der Waals surface area contributed by atoms with Crippen molar-refractivity contribution in [2.75, 3.05) is 13.2 Å². The van der Waals surface area contributed by atoms with Crippen molar-refractivity contribution in [3.05, 3.63) is 29.8 Å². The molecule has 3 heteroatoms. The van der Waals surface area contributed by atoms with Gasteiger partial charge in [-0.05, 0) is 38.7 Å². The fraction of sp³-hybridized carbons (Fsp3) is 0.647. The SMILES string of the molecule is CCCOc1ccccc1C1(O)CC(C)N(C2CC2)C1. The molecule has 2 unspecified atom stereocenters. The van der Waals surface area contributed by atoms with E-state index in [1.807, 2.05) is 24.3 Å². The van der Waals surface area contributed by atoms with Crippen molar-refractivity contribution >= 4 is 0 Å². The molecule has 2 aliphatic rings. The molecule has 1 heterocycles. The molecule has 1 aliphatic carbocycles. The highest BCUT2D eigenvalue weighted by Gasteiger charge is 2.47. The van der Waals surface area contributed by atoms with E-state index in [-0.39, 0.29) is 0 Å². The summed E-state index contributed by atoms with van der Waals surface area (Å²) in [6, 6.07) is 9.13. The third-order valence-electron chi connectivity index (χ3n) is 4.51. The number of rotatable bonds is 5. The third kappa shape index (κ3) is 2.57. The molecule has 1 saturated heterocycles. The van der Waals surface area contributed by atoms with Gasteiger partial charge >= 0.3 is 0 Å². The molecule has 2 fully saturated rings. The fourth-order valence-corrected chi connectivity index (χ4v) is 3.41. The van der Waals surface area contributed by atoms with Crippen molar-refractivity contribution in [1.29, 1.82) is 0 Å². The topological polar surface area (TPSA) is 32.7 Å². The van der Waals surface area contributed by atoms with Gasteiger partial charge in [0.2, 0.25) is 0 Å². The normalized spacial score (nSPS) is 30.6. The molecule has 1 N–H and O–H groups in total. The van der Waals surface area contributed by atoms with E-state index in [0.717, 1.165) is 30.7 Å². The van der Waals surface area contributed by atoms with Crippen molar-refractivity contribution in [2.24, 2.45) is 0 Å². The summed E-state index contributed by atoms with van der Waals surface area (Å²) in [7, 11) is 0. The molecule has 1 aromatic rings. The van der Waals surface area contributed by atoms with Gasteiger partial charge in [0.15, 0.2) is 0 Å². The quantitative estimate of drug-likeness (QED) is 0.897. The van der Waals surface area contributed by atoms with E-state index in [9.17, 15) is 5.11 Å². The number of nitrogens with zero attached hydrogens (tertiary/aromatic N) is 1. The van der Waals surface area contributed by atoms with Gasteiger partial charge in [-0.3, -0.25) is 4.90 Å². The van der Waals surface area contributed by atoms with E-state index in [4.69, 9.17) is 4.74 Å². The van der Waals surface area contributed by atoms with Crippen LogP contribution >= 0.6 is 0 Å². The molecule has 0 amide bonds. The number of ether oxygens (including phenoxy) is 1. The van der Waals surface area contributed by atoms with E-state index >= 15 is 0 Å². The molecule has 3 rings (SSSR count). The van der Waals surface area contributed by atoms with E-state index in [1.165, 1.54) is 12.8 Å². The Kier molecular flexibility index (Phi) is 3.74. The minimum atomic E-state index is -0.758. The Morgan fingerprint density at radius 1 is 1.35 bits per heavy atom. The first-order chi connectivity index (χ1) is 9.64. The van der Waals surface area contributed by atoms with Crippen LogP contribution in [-0.2, 0) is 5.60 Å². The Labute approximate surface area is 121 Å². The second-order valence-electron chi connectivity index (χ2n) is 6.33. The molecule has 1 aromatic carbocycles. The second-order valence-corrected chi connectivity index (χ2v) is 6.33. The first-order valence-electron chi connectivity index (χ1n) is 7.84. The lowest BCUT2D eigenvalue weighted by Crippen LogP contribution is -2.33. The average Bonchev–Trinajstić information content (AvgIpc) is 3.23. The van der Waals surface area contributed by atoms with Crippen LogP contribution in [0.15, 0.2) is 24.3 Å². The summed E-state index contributed by atoms with van der Waals surface area (Å²) in [5.74, 6) is 0.849. The zero-order valence-electron chi connectivity index (χ0n) is 12.5. The van der Waals surface area contributed by atoms with Crippen LogP contribution in [-0.4, -0.2) is 35.2 Å². The number of aliphatic hydroxyl groups is 1. The van der Waals surface area contributed by atoms with Gasteiger partial charge in [0.05, 0.1) is 6.61 Å². The molecule has 1 saturated carbocycles. The van der Waals surface area contributed by atoms with Crippen LogP contribution in [0.4, 0.5) is 0 Å². The second kappa shape index (κ2) is 5.38. The third-order valence-corrected chi connectivity index (χ3v) is 4.51. The maximum absolute atomic E-state index is 11.1. The van der Waals surface area contributed by atoms with Gasteiger partial charge in [-0.15, -0.1) is 0 Å². The van der Waals surface area contributed by atoms with E-state index < -0.39 is 5.60 Å². The van der Waals surface area contributed by atoms with E-state index in [2.05, 4.69) is 18.7 Å². The number of hydrogen-bond acceptors (Lipinski definition) is 3. The lowest BCUT2D eigenvalue weighted by Gasteiger charge is -2.26. The molecule has 2 atom stereocenters. The summed E-state index contributed by atoms with van der Waals surface area (Å²) in [4.78, 5) is 2.47. The number of para-hydroxylation sites is 1. The van der Waals surface area contributed by atoms with Crippen LogP contribution in [0.5, 0.6) is 5.75 Å². The van der Waals surface area contributed by atoms with Crippen molar-refractivity contribution in [3.63, 3.8) is 0 Å². The van der Waals surface area contributed by atoms with Crippen LogP contribution < -0.4 is 4.74 Å². The first kappa shape index (κ1) is 13.9. The summed E-state index contributed by atoms with van der Waals surface area (Å²) in [6.45, 7) is 5.77. The van der Waals surface area contributed by atoms with Gasteiger partial charge in [-0.25, -0.2) is 0 Å². The zero-order valence-corrected chi connectivity index (χ0v) is 12.5. The average molecular weight is 275 g/mol. The smallest absolute Gasteiger partial charge is 0.125 e. The van der Waals surface area contributed by atoms with Crippen LogP contribution in [0.3, 0.4) is 0 Å². The monoisotopic (exact) mass is 275 g/mol. The molecule has 20 heavy (non-hydrogen) atoms. The molecule has 0 radical (unpaired) electrons. The maximum Gasteiger partial charge on any atom is 0.125 e. The zero-order chi connectivity index (χ0) is 14.2.